The first-order chi connectivity index (χ1) is 9.17. The number of aryl methyl sites for hydroxylation is 2. The molecule has 1 aromatic rings. The molecule has 0 amide bonds. The number of aliphatic hydroxyl groups is 1. The fourth-order valence-electron chi connectivity index (χ4n) is 2.68. The van der Waals surface area contributed by atoms with Gasteiger partial charge in [0.05, 0.1) is 6.61 Å². The molecule has 0 saturated carbocycles. The standard InChI is InChI=1S/C16H25NOS/c1-3-17-16(2,12-18)9-10-19-15-8-7-13-5-4-6-14(13)11-15/h7-8,11,17-18H,3-6,9-10,12H2,1-2H3. The van der Waals surface area contributed by atoms with E-state index in [0.29, 0.717) is 0 Å². The molecule has 106 valence electrons. The Morgan fingerprint density at radius 1 is 1.32 bits per heavy atom. The molecule has 19 heavy (non-hydrogen) atoms. The number of benzene rings is 1. The molecule has 0 bridgehead atoms. The van der Waals surface area contributed by atoms with E-state index in [4.69, 9.17) is 0 Å². The number of hydrogen-bond acceptors (Lipinski definition) is 3. The lowest BCUT2D eigenvalue weighted by molar-refractivity contribution is 0.173. The van der Waals surface area contributed by atoms with E-state index in [0.717, 1.165) is 18.7 Å². The number of thioether (sulfide) groups is 1. The molecule has 1 atom stereocenters. The van der Waals surface area contributed by atoms with Crippen LogP contribution in [0.25, 0.3) is 0 Å². The third-order valence-electron chi connectivity index (χ3n) is 3.95. The summed E-state index contributed by atoms with van der Waals surface area (Å²) in [5, 5.41) is 12.8. The highest BCUT2D eigenvalue weighted by Crippen LogP contribution is 2.28. The van der Waals surface area contributed by atoms with Crippen LogP contribution in [0, 0.1) is 0 Å². The van der Waals surface area contributed by atoms with E-state index < -0.39 is 0 Å². The summed E-state index contributed by atoms with van der Waals surface area (Å²) in [4.78, 5) is 1.37. The zero-order chi connectivity index (χ0) is 13.7. The second-order valence-corrected chi connectivity index (χ2v) is 6.80. The normalized spacial score (nSPS) is 17.2. The number of rotatable bonds is 7. The first-order valence-corrected chi connectivity index (χ1v) is 8.26. The molecule has 1 aromatic carbocycles. The third-order valence-corrected chi connectivity index (χ3v) is 4.94. The predicted molar refractivity (Wildman–Crippen MR) is 83.0 cm³/mol. The van der Waals surface area contributed by atoms with Crippen molar-refractivity contribution in [3.63, 3.8) is 0 Å². The molecule has 2 nitrogen and oxygen atoms in total. The zero-order valence-electron chi connectivity index (χ0n) is 12.0. The lowest BCUT2D eigenvalue weighted by Gasteiger charge is -2.28. The van der Waals surface area contributed by atoms with Gasteiger partial charge in [-0.2, -0.15) is 0 Å². The van der Waals surface area contributed by atoms with Gasteiger partial charge in [0.2, 0.25) is 0 Å². The van der Waals surface area contributed by atoms with Crippen LogP contribution in [-0.2, 0) is 12.8 Å². The minimum absolute atomic E-state index is 0.140. The summed E-state index contributed by atoms with van der Waals surface area (Å²) in [5.74, 6) is 1.04. The largest absolute Gasteiger partial charge is 0.394 e. The summed E-state index contributed by atoms with van der Waals surface area (Å²) < 4.78 is 0. The quantitative estimate of drug-likeness (QED) is 0.753. The summed E-state index contributed by atoms with van der Waals surface area (Å²) in [5.41, 5.74) is 2.94. The number of fused-ring (bicyclic) bond motifs is 1. The second kappa shape index (κ2) is 6.78. The van der Waals surface area contributed by atoms with Gasteiger partial charge in [-0.25, -0.2) is 0 Å². The molecular formula is C16H25NOS. The van der Waals surface area contributed by atoms with Crippen LogP contribution in [0.4, 0.5) is 0 Å². The molecule has 0 heterocycles. The molecule has 3 heteroatoms. The summed E-state index contributed by atoms with van der Waals surface area (Å²) in [6.07, 6.45) is 4.80. The average molecular weight is 279 g/mol. The number of likely N-dealkylation sites (N-methyl/N-ethyl adjacent to an activating group) is 1. The third kappa shape index (κ3) is 3.98. The Hall–Kier alpha value is -0.510. The van der Waals surface area contributed by atoms with Crippen LogP contribution >= 0.6 is 11.8 Å². The van der Waals surface area contributed by atoms with Crippen molar-refractivity contribution in [2.75, 3.05) is 18.9 Å². The van der Waals surface area contributed by atoms with E-state index in [1.54, 1.807) is 5.56 Å². The maximum Gasteiger partial charge on any atom is 0.0610 e. The van der Waals surface area contributed by atoms with Gasteiger partial charge in [0.15, 0.2) is 0 Å². The molecule has 2 rings (SSSR count). The van der Waals surface area contributed by atoms with E-state index in [1.807, 2.05) is 11.8 Å². The molecule has 1 aliphatic rings. The van der Waals surface area contributed by atoms with Gasteiger partial charge in [0, 0.05) is 10.4 Å². The van der Waals surface area contributed by atoms with Crippen molar-refractivity contribution >= 4 is 11.8 Å². The lowest BCUT2D eigenvalue weighted by atomic mass is 10.0. The van der Waals surface area contributed by atoms with Crippen molar-refractivity contribution in [2.45, 2.75) is 50.0 Å². The number of hydrogen-bond donors (Lipinski definition) is 2. The minimum Gasteiger partial charge on any atom is -0.394 e. The molecule has 0 aromatic heterocycles. The molecule has 1 unspecified atom stereocenters. The minimum atomic E-state index is -0.140. The van der Waals surface area contributed by atoms with Gasteiger partial charge in [-0.05, 0) is 68.2 Å². The van der Waals surface area contributed by atoms with Gasteiger partial charge in [0.25, 0.3) is 0 Å². The Kier molecular flexibility index (Phi) is 5.31. The Bertz CT molecular complexity index is 421. The lowest BCUT2D eigenvalue weighted by Crippen LogP contribution is -2.46. The highest BCUT2D eigenvalue weighted by atomic mass is 32.2. The van der Waals surface area contributed by atoms with Crippen LogP contribution < -0.4 is 5.32 Å². The van der Waals surface area contributed by atoms with Gasteiger partial charge >= 0.3 is 0 Å². The van der Waals surface area contributed by atoms with Crippen molar-refractivity contribution in [2.24, 2.45) is 0 Å². The molecule has 0 aliphatic heterocycles. The molecular weight excluding hydrogens is 254 g/mol. The van der Waals surface area contributed by atoms with Gasteiger partial charge < -0.3 is 10.4 Å². The fourth-order valence-corrected chi connectivity index (χ4v) is 3.86. The Morgan fingerprint density at radius 2 is 2.11 bits per heavy atom. The second-order valence-electron chi connectivity index (χ2n) is 5.63. The van der Waals surface area contributed by atoms with Crippen LogP contribution in [0.2, 0.25) is 0 Å². The van der Waals surface area contributed by atoms with E-state index in [2.05, 4.69) is 37.4 Å². The summed E-state index contributed by atoms with van der Waals surface area (Å²) in [7, 11) is 0. The van der Waals surface area contributed by atoms with Crippen molar-refractivity contribution < 1.29 is 5.11 Å². The first kappa shape index (κ1) is 14.9. The Balaban J connectivity index is 1.85. The molecule has 0 fully saturated rings. The average Bonchev–Trinajstić information content (AvgIpc) is 2.86. The zero-order valence-corrected chi connectivity index (χ0v) is 12.9. The van der Waals surface area contributed by atoms with Gasteiger partial charge in [0.1, 0.15) is 0 Å². The highest BCUT2D eigenvalue weighted by molar-refractivity contribution is 7.99. The molecule has 0 radical (unpaired) electrons. The first-order valence-electron chi connectivity index (χ1n) is 7.27. The maximum absolute atomic E-state index is 9.47. The predicted octanol–water partition coefficient (Wildman–Crippen LogP) is 3.02. The maximum atomic E-state index is 9.47. The van der Waals surface area contributed by atoms with Crippen LogP contribution in [0.5, 0.6) is 0 Å². The highest BCUT2D eigenvalue weighted by Gasteiger charge is 2.21. The monoisotopic (exact) mass is 279 g/mol. The van der Waals surface area contributed by atoms with E-state index in [1.165, 1.54) is 29.7 Å². The van der Waals surface area contributed by atoms with E-state index >= 15 is 0 Å². The van der Waals surface area contributed by atoms with E-state index in [-0.39, 0.29) is 12.1 Å². The molecule has 0 saturated heterocycles. The smallest absolute Gasteiger partial charge is 0.0610 e. The van der Waals surface area contributed by atoms with Gasteiger partial charge in [-0.15, -0.1) is 11.8 Å². The molecule has 0 spiro atoms. The number of aliphatic hydroxyl groups excluding tert-OH is 1. The molecule has 2 N–H and O–H groups in total. The van der Waals surface area contributed by atoms with E-state index in [9.17, 15) is 5.11 Å². The van der Waals surface area contributed by atoms with Crippen LogP contribution in [0.1, 0.15) is 37.8 Å². The van der Waals surface area contributed by atoms with Crippen molar-refractivity contribution in [1.82, 2.24) is 5.32 Å². The van der Waals surface area contributed by atoms with Crippen LogP contribution in [0.3, 0.4) is 0 Å². The summed E-state index contributed by atoms with van der Waals surface area (Å²) >= 11 is 1.90. The topological polar surface area (TPSA) is 32.3 Å². The van der Waals surface area contributed by atoms with Crippen molar-refractivity contribution in [3.8, 4) is 0 Å². The summed E-state index contributed by atoms with van der Waals surface area (Å²) in [6.45, 7) is 5.29. The van der Waals surface area contributed by atoms with Crippen LogP contribution in [-0.4, -0.2) is 29.5 Å². The fraction of sp³-hybridized carbons (Fsp3) is 0.625. The SMILES string of the molecule is CCNC(C)(CO)CCSc1ccc2c(c1)CCC2. The Labute approximate surface area is 121 Å². The number of nitrogens with one attached hydrogen (secondary N) is 1. The molecule has 1 aliphatic carbocycles. The van der Waals surface area contributed by atoms with Gasteiger partial charge in [-0.1, -0.05) is 13.0 Å². The van der Waals surface area contributed by atoms with Crippen molar-refractivity contribution in [3.05, 3.63) is 29.3 Å². The van der Waals surface area contributed by atoms with Crippen LogP contribution in [0.15, 0.2) is 23.1 Å². The van der Waals surface area contributed by atoms with Crippen molar-refractivity contribution in [1.29, 1.82) is 0 Å². The Morgan fingerprint density at radius 3 is 2.84 bits per heavy atom. The summed E-state index contributed by atoms with van der Waals surface area (Å²) in [6, 6.07) is 6.90. The van der Waals surface area contributed by atoms with Gasteiger partial charge in [-0.3, -0.25) is 0 Å².